The zero-order chi connectivity index (χ0) is 17.2. The molecule has 3 heterocycles. The van der Waals surface area contributed by atoms with Crippen LogP contribution in [0.25, 0.3) is 0 Å². The van der Waals surface area contributed by atoms with Crippen LogP contribution in [0.15, 0.2) is 42.9 Å². The van der Waals surface area contributed by atoms with E-state index in [-0.39, 0.29) is 11.9 Å². The molecule has 1 aromatic heterocycles. The van der Waals surface area contributed by atoms with Crippen molar-refractivity contribution in [3.8, 4) is 0 Å². The SMILES string of the molecule is O=C(C1CC(O)CN1c1ccncn1)N1CCCc2ccccc2C1. The van der Waals surface area contributed by atoms with Crippen LogP contribution in [0.1, 0.15) is 24.0 Å². The van der Waals surface area contributed by atoms with Crippen LogP contribution in [-0.2, 0) is 17.8 Å². The van der Waals surface area contributed by atoms with E-state index in [1.165, 1.54) is 17.5 Å². The fraction of sp³-hybridized carbons (Fsp3) is 0.421. The van der Waals surface area contributed by atoms with Gasteiger partial charge in [0.2, 0.25) is 5.91 Å². The zero-order valence-corrected chi connectivity index (χ0v) is 14.1. The molecule has 0 bridgehead atoms. The molecule has 25 heavy (non-hydrogen) atoms. The molecule has 1 N–H and O–H groups in total. The number of nitrogens with zero attached hydrogens (tertiary/aromatic N) is 4. The molecule has 1 fully saturated rings. The lowest BCUT2D eigenvalue weighted by Crippen LogP contribution is -2.45. The maximum atomic E-state index is 13.2. The van der Waals surface area contributed by atoms with Crippen molar-refractivity contribution in [2.45, 2.75) is 38.0 Å². The number of fused-ring (bicyclic) bond motifs is 1. The van der Waals surface area contributed by atoms with Crippen LogP contribution in [0, 0.1) is 0 Å². The number of aliphatic hydroxyl groups excluding tert-OH is 1. The van der Waals surface area contributed by atoms with E-state index in [0.29, 0.717) is 25.3 Å². The van der Waals surface area contributed by atoms with Crippen molar-refractivity contribution >= 4 is 11.7 Å². The van der Waals surface area contributed by atoms with E-state index in [9.17, 15) is 9.90 Å². The van der Waals surface area contributed by atoms with Crippen molar-refractivity contribution in [2.75, 3.05) is 18.0 Å². The summed E-state index contributed by atoms with van der Waals surface area (Å²) in [6.07, 6.45) is 5.04. The molecule has 2 unspecified atom stereocenters. The maximum absolute atomic E-state index is 13.2. The van der Waals surface area contributed by atoms with E-state index in [1.807, 2.05) is 15.9 Å². The first-order valence-electron chi connectivity index (χ1n) is 8.78. The van der Waals surface area contributed by atoms with E-state index in [2.05, 4.69) is 28.2 Å². The number of benzene rings is 1. The predicted octanol–water partition coefficient (Wildman–Crippen LogP) is 1.39. The van der Waals surface area contributed by atoms with Crippen LogP contribution < -0.4 is 4.90 Å². The Morgan fingerprint density at radius 1 is 1.20 bits per heavy atom. The normalized spacial score (nSPS) is 23.2. The van der Waals surface area contributed by atoms with Gasteiger partial charge in [0.1, 0.15) is 18.2 Å². The summed E-state index contributed by atoms with van der Waals surface area (Å²) in [5, 5.41) is 10.1. The van der Waals surface area contributed by atoms with Crippen molar-refractivity contribution < 1.29 is 9.90 Å². The molecule has 1 amide bonds. The van der Waals surface area contributed by atoms with Crippen molar-refractivity contribution in [1.29, 1.82) is 0 Å². The van der Waals surface area contributed by atoms with Crippen molar-refractivity contribution in [3.63, 3.8) is 0 Å². The second-order valence-electron chi connectivity index (χ2n) is 6.76. The van der Waals surface area contributed by atoms with Gasteiger partial charge in [0.05, 0.1) is 6.10 Å². The topological polar surface area (TPSA) is 69.6 Å². The number of aromatic nitrogens is 2. The maximum Gasteiger partial charge on any atom is 0.245 e. The minimum atomic E-state index is -0.511. The fourth-order valence-electron chi connectivity index (χ4n) is 3.85. The van der Waals surface area contributed by atoms with Gasteiger partial charge in [-0.2, -0.15) is 0 Å². The summed E-state index contributed by atoms with van der Waals surface area (Å²) >= 11 is 0. The van der Waals surface area contributed by atoms with Gasteiger partial charge in [0.25, 0.3) is 0 Å². The van der Waals surface area contributed by atoms with Crippen molar-refractivity contribution in [3.05, 3.63) is 54.0 Å². The van der Waals surface area contributed by atoms with Gasteiger partial charge in [-0.25, -0.2) is 9.97 Å². The van der Waals surface area contributed by atoms with Gasteiger partial charge in [-0.1, -0.05) is 24.3 Å². The van der Waals surface area contributed by atoms with Gasteiger partial charge in [0, 0.05) is 32.3 Å². The Morgan fingerprint density at radius 2 is 2.04 bits per heavy atom. The van der Waals surface area contributed by atoms with Gasteiger partial charge in [-0.3, -0.25) is 4.79 Å². The van der Waals surface area contributed by atoms with Crippen LogP contribution in [0.4, 0.5) is 5.82 Å². The summed E-state index contributed by atoms with van der Waals surface area (Å²) in [6.45, 7) is 1.81. The number of hydrogen-bond donors (Lipinski definition) is 1. The Labute approximate surface area is 147 Å². The molecule has 1 aromatic carbocycles. The van der Waals surface area contributed by atoms with E-state index < -0.39 is 6.10 Å². The Hall–Kier alpha value is -2.47. The van der Waals surface area contributed by atoms with Gasteiger partial charge in [-0.15, -0.1) is 0 Å². The van der Waals surface area contributed by atoms with Crippen LogP contribution in [0.2, 0.25) is 0 Å². The molecule has 2 aromatic rings. The first-order valence-corrected chi connectivity index (χ1v) is 8.78. The van der Waals surface area contributed by atoms with Crippen LogP contribution in [0.3, 0.4) is 0 Å². The van der Waals surface area contributed by atoms with Gasteiger partial charge in [-0.05, 0) is 30.0 Å². The summed E-state index contributed by atoms with van der Waals surface area (Å²) in [7, 11) is 0. The molecule has 1 saturated heterocycles. The number of hydrogen-bond acceptors (Lipinski definition) is 5. The Kier molecular flexibility index (Phi) is 4.36. The molecule has 0 aliphatic carbocycles. The van der Waals surface area contributed by atoms with Crippen LogP contribution in [-0.4, -0.2) is 51.1 Å². The number of β-amino-alcohol motifs (C(OH)–C–C–N with tert-alkyl or cyclic N) is 1. The summed E-state index contributed by atoms with van der Waals surface area (Å²) < 4.78 is 0. The number of aliphatic hydroxyl groups is 1. The number of anilines is 1. The summed E-state index contributed by atoms with van der Waals surface area (Å²) in [4.78, 5) is 25.3. The standard InChI is InChI=1S/C19H22N4O2/c24-16-10-17(23(12-16)18-7-8-20-13-21-18)19(25)22-9-3-6-14-4-1-2-5-15(14)11-22/h1-2,4-5,7-8,13,16-17,24H,3,6,9-12H2. The lowest BCUT2D eigenvalue weighted by atomic mass is 10.0. The average molecular weight is 338 g/mol. The predicted molar refractivity (Wildman–Crippen MR) is 94.0 cm³/mol. The minimum Gasteiger partial charge on any atom is -0.391 e. The Bertz CT molecular complexity index is 752. The fourth-order valence-corrected chi connectivity index (χ4v) is 3.85. The molecule has 130 valence electrons. The molecular formula is C19H22N4O2. The molecular weight excluding hydrogens is 316 g/mol. The van der Waals surface area contributed by atoms with Crippen molar-refractivity contribution in [2.24, 2.45) is 0 Å². The third kappa shape index (κ3) is 3.22. The number of amides is 1. The number of carbonyl (C=O) groups is 1. The second-order valence-corrected chi connectivity index (χ2v) is 6.76. The zero-order valence-electron chi connectivity index (χ0n) is 14.1. The minimum absolute atomic E-state index is 0.0758. The van der Waals surface area contributed by atoms with E-state index in [0.717, 1.165) is 19.4 Å². The highest BCUT2D eigenvalue weighted by Gasteiger charge is 2.39. The molecule has 4 rings (SSSR count). The molecule has 2 atom stereocenters. The smallest absolute Gasteiger partial charge is 0.245 e. The molecule has 6 heteroatoms. The Balaban J connectivity index is 1.57. The number of rotatable bonds is 2. The molecule has 0 saturated carbocycles. The highest BCUT2D eigenvalue weighted by molar-refractivity contribution is 5.86. The molecule has 0 radical (unpaired) electrons. The highest BCUT2D eigenvalue weighted by Crippen LogP contribution is 2.27. The molecule has 0 spiro atoms. The summed E-state index contributed by atoms with van der Waals surface area (Å²) in [5.41, 5.74) is 2.55. The highest BCUT2D eigenvalue weighted by atomic mass is 16.3. The van der Waals surface area contributed by atoms with E-state index in [4.69, 9.17) is 0 Å². The summed E-state index contributed by atoms with van der Waals surface area (Å²) in [5.74, 6) is 0.770. The van der Waals surface area contributed by atoms with Crippen LogP contribution in [0.5, 0.6) is 0 Å². The average Bonchev–Trinajstić information content (AvgIpc) is 2.90. The third-order valence-electron chi connectivity index (χ3n) is 5.09. The monoisotopic (exact) mass is 338 g/mol. The van der Waals surface area contributed by atoms with Crippen molar-refractivity contribution in [1.82, 2.24) is 14.9 Å². The lowest BCUT2D eigenvalue weighted by Gasteiger charge is -2.30. The third-order valence-corrected chi connectivity index (χ3v) is 5.09. The van der Waals surface area contributed by atoms with E-state index in [1.54, 1.807) is 12.3 Å². The van der Waals surface area contributed by atoms with Gasteiger partial charge < -0.3 is 14.9 Å². The molecule has 2 aliphatic rings. The first-order chi connectivity index (χ1) is 12.2. The van der Waals surface area contributed by atoms with E-state index >= 15 is 0 Å². The largest absolute Gasteiger partial charge is 0.391 e. The quantitative estimate of drug-likeness (QED) is 0.896. The second kappa shape index (κ2) is 6.80. The number of carbonyl (C=O) groups excluding carboxylic acids is 1. The summed E-state index contributed by atoms with van der Waals surface area (Å²) in [6, 6.07) is 9.76. The van der Waals surface area contributed by atoms with Crippen LogP contribution >= 0.6 is 0 Å². The van der Waals surface area contributed by atoms with Gasteiger partial charge >= 0.3 is 0 Å². The molecule has 2 aliphatic heterocycles. The Morgan fingerprint density at radius 3 is 2.84 bits per heavy atom. The number of aryl methyl sites for hydroxylation is 1. The lowest BCUT2D eigenvalue weighted by molar-refractivity contribution is -0.133. The first kappa shape index (κ1) is 16.0. The molecule has 6 nitrogen and oxygen atoms in total. The van der Waals surface area contributed by atoms with Gasteiger partial charge in [0.15, 0.2) is 0 Å².